The van der Waals surface area contributed by atoms with Gasteiger partial charge in [-0.25, -0.2) is 4.39 Å². The molecule has 0 saturated heterocycles. The SMILES string of the molecule is C[C@H](NC(=O)CSCc1c(Cl)cccc1Cl)c1ccc(F)cc1. The summed E-state index contributed by atoms with van der Waals surface area (Å²) < 4.78 is 12.9. The first-order chi connectivity index (χ1) is 11.0. The van der Waals surface area contributed by atoms with Crippen LogP contribution in [0.1, 0.15) is 24.1 Å². The van der Waals surface area contributed by atoms with Gasteiger partial charge in [0.25, 0.3) is 0 Å². The van der Waals surface area contributed by atoms with Crippen LogP contribution in [-0.2, 0) is 10.5 Å². The van der Waals surface area contributed by atoms with Crippen molar-refractivity contribution >= 4 is 40.9 Å². The molecular weight excluding hydrogens is 356 g/mol. The highest BCUT2D eigenvalue weighted by Crippen LogP contribution is 2.28. The molecule has 0 bridgehead atoms. The van der Waals surface area contributed by atoms with Crippen molar-refractivity contribution < 1.29 is 9.18 Å². The van der Waals surface area contributed by atoms with Gasteiger partial charge in [0, 0.05) is 15.8 Å². The van der Waals surface area contributed by atoms with Gasteiger partial charge in [0.1, 0.15) is 5.82 Å². The van der Waals surface area contributed by atoms with Crippen molar-refractivity contribution in [1.29, 1.82) is 0 Å². The van der Waals surface area contributed by atoms with Gasteiger partial charge in [0.05, 0.1) is 11.8 Å². The second-order valence-electron chi connectivity index (χ2n) is 5.03. The van der Waals surface area contributed by atoms with Crippen molar-refractivity contribution in [2.75, 3.05) is 5.75 Å². The number of rotatable bonds is 6. The van der Waals surface area contributed by atoms with Crippen LogP contribution in [0.15, 0.2) is 42.5 Å². The van der Waals surface area contributed by atoms with Crippen molar-refractivity contribution in [3.8, 4) is 0 Å². The van der Waals surface area contributed by atoms with E-state index >= 15 is 0 Å². The number of carbonyl (C=O) groups excluding carboxylic acids is 1. The lowest BCUT2D eigenvalue weighted by atomic mass is 10.1. The number of hydrogen-bond donors (Lipinski definition) is 1. The first-order valence-corrected chi connectivity index (χ1v) is 8.94. The topological polar surface area (TPSA) is 29.1 Å². The van der Waals surface area contributed by atoms with Gasteiger partial charge in [0.15, 0.2) is 0 Å². The van der Waals surface area contributed by atoms with Crippen molar-refractivity contribution in [3.63, 3.8) is 0 Å². The number of halogens is 3. The molecule has 1 atom stereocenters. The van der Waals surface area contributed by atoms with Gasteiger partial charge >= 0.3 is 0 Å². The minimum absolute atomic E-state index is 0.0880. The molecule has 122 valence electrons. The van der Waals surface area contributed by atoms with Crippen LogP contribution in [0.5, 0.6) is 0 Å². The lowest BCUT2D eigenvalue weighted by Crippen LogP contribution is -2.28. The van der Waals surface area contributed by atoms with Gasteiger partial charge in [-0.05, 0) is 42.3 Å². The third-order valence-corrected chi connectivity index (χ3v) is 4.96. The van der Waals surface area contributed by atoms with E-state index in [1.807, 2.05) is 6.92 Å². The average Bonchev–Trinajstić information content (AvgIpc) is 2.51. The minimum atomic E-state index is -0.292. The summed E-state index contributed by atoms with van der Waals surface area (Å²) in [7, 11) is 0. The van der Waals surface area contributed by atoms with Gasteiger partial charge in [-0.15, -0.1) is 11.8 Å². The van der Waals surface area contributed by atoms with Gasteiger partial charge in [-0.2, -0.15) is 0 Å². The minimum Gasteiger partial charge on any atom is -0.349 e. The third-order valence-electron chi connectivity index (χ3n) is 3.29. The van der Waals surface area contributed by atoms with Gasteiger partial charge in [-0.3, -0.25) is 4.79 Å². The molecule has 6 heteroatoms. The molecule has 0 heterocycles. The van der Waals surface area contributed by atoms with Crippen LogP contribution in [0.4, 0.5) is 4.39 Å². The molecule has 0 saturated carbocycles. The number of nitrogens with one attached hydrogen (secondary N) is 1. The highest BCUT2D eigenvalue weighted by atomic mass is 35.5. The van der Waals surface area contributed by atoms with Crippen LogP contribution in [0, 0.1) is 5.82 Å². The second kappa shape index (κ2) is 8.57. The van der Waals surface area contributed by atoms with E-state index in [9.17, 15) is 9.18 Å². The molecule has 2 rings (SSSR count). The van der Waals surface area contributed by atoms with E-state index in [1.54, 1.807) is 30.3 Å². The number of hydrogen-bond acceptors (Lipinski definition) is 2. The Balaban J connectivity index is 1.82. The Hall–Kier alpha value is -1.23. The number of amides is 1. The molecule has 0 radical (unpaired) electrons. The molecule has 1 N–H and O–H groups in total. The quantitative estimate of drug-likeness (QED) is 0.751. The summed E-state index contributed by atoms with van der Waals surface area (Å²) in [4.78, 5) is 12.0. The van der Waals surface area contributed by atoms with Crippen LogP contribution in [0.3, 0.4) is 0 Å². The summed E-state index contributed by atoms with van der Waals surface area (Å²) in [5.41, 5.74) is 1.69. The lowest BCUT2D eigenvalue weighted by Gasteiger charge is -2.14. The summed E-state index contributed by atoms with van der Waals surface area (Å²) in [6, 6.07) is 11.3. The smallest absolute Gasteiger partial charge is 0.230 e. The third kappa shape index (κ3) is 5.41. The maximum atomic E-state index is 12.9. The summed E-state index contributed by atoms with van der Waals surface area (Å²) in [6.07, 6.45) is 0. The standard InChI is InChI=1S/C17H16Cl2FNOS/c1-11(12-5-7-13(20)8-6-12)21-17(22)10-23-9-14-15(18)3-2-4-16(14)19/h2-8,11H,9-10H2,1H3,(H,21,22)/t11-/m0/s1. The number of carbonyl (C=O) groups is 1. The Morgan fingerprint density at radius 2 is 1.78 bits per heavy atom. The molecule has 2 aromatic carbocycles. The van der Waals surface area contributed by atoms with E-state index in [-0.39, 0.29) is 17.8 Å². The Kier molecular flexibility index (Phi) is 6.75. The van der Waals surface area contributed by atoms with E-state index in [0.717, 1.165) is 11.1 Å². The van der Waals surface area contributed by atoms with E-state index in [0.29, 0.717) is 21.6 Å². The zero-order chi connectivity index (χ0) is 16.8. The van der Waals surface area contributed by atoms with Gasteiger partial charge in [0.2, 0.25) is 5.91 Å². The van der Waals surface area contributed by atoms with Crippen LogP contribution < -0.4 is 5.32 Å². The van der Waals surface area contributed by atoms with E-state index in [2.05, 4.69) is 5.32 Å². The molecule has 0 fully saturated rings. The van der Waals surface area contributed by atoms with Crippen molar-refractivity contribution in [2.45, 2.75) is 18.7 Å². The maximum absolute atomic E-state index is 12.9. The van der Waals surface area contributed by atoms with E-state index in [4.69, 9.17) is 23.2 Å². The maximum Gasteiger partial charge on any atom is 0.230 e. The molecule has 0 aromatic heterocycles. The Bertz CT molecular complexity index is 659. The molecule has 0 aliphatic rings. The predicted molar refractivity (Wildman–Crippen MR) is 95.6 cm³/mol. The first kappa shape index (κ1) is 18.1. The zero-order valence-corrected chi connectivity index (χ0v) is 14.8. The first-order valence-electron chi connectivity index (χ1n) is 7.03. The Morgan fingerprint density at radius 1 is 1.17 bits per heavy atom. The molecule has 2 nitrogen and oxygen atoms in total. The zero-order valence-electron chi connectivity index (χ0n) is 12.5. The molecule has 23 heavy (non-hydrogen) atoms. The van der Waals surface area contributed by atoms with Crippen molar-refractivity contribution in [3.05, 3.63) is 69.5 Å². The summed E-state index contributed by atoms with van der Waals surface area (Å²) >= 11 is 13.6. The van der Waals surface area contributed by atoms with Crippen molar-refractivity contribution in [1.82, 2.24) is 5.32 Å². The lowest BCUT2D eigenvalue weighted by molar-refractivity contribution is -0.119. The Morgan fingerprint density at radius 3 is 2.39 bits per heavy atom. The largest absolute Gasteiger partial charge is 0.349 e. The average molecular weight is 372 g/mol. The molecule has 2 aromatic rings. The summed E-state index contributed by atoms with van der Waals surface area (Å²) in [5, 5.41) is 4.09. The highest BCUT2D eigenvalue weighted by Gasteiger charge is 2.11. The Labute approximate surface area is 149 Å². The molecule has 1 amide bonds. The van der Waals surface area contributed by atoms with Crippen LogP contribution in [0.25, 0.3) is 0 Å². The van der Waals surface area contributed by atoms with Crippen molar-refractivity contribution in [2.24, 2.45) is 0 Å². The highest BCUT2D eigenvalue weighted by molar-refractivity contribution is 7.99. The molecule has 0 aliphatic heterocycles. The molecule has 0 aliphatic carbocycles. The van der Waals surface area contributed by atoms with Crippen LogP contribution >= 0.6 is 35.0 Å². The van der Waals surface area contributed by atoms with Crippen LogP contribution in [0.2, 0.25) is 10.0 Å². The molecule has 0 unspecified atom stereocenters. The molecule has 0 spiro atoms. The number of thioether (sulfide) groups is 1. The monoisotopic (exact) mass is 371 g/mol. The van der Waals surface area contributed by atoms with Gasteiger partial charge < -0.3 is 5.32 Å². The fraction of sp³-hybridized carbons (Fsp3) is 0.235. The molecular formula is C17H16Cl2FNOS. The second-order valence-corrected chi connectivity index (χ2v) is 6.83. The predicted octanol–water partition coefficient (Wildman–Crippen LogP) is 5.24. The summed E-state index contributed by atoms with van der Waals surface area (Å²) in [6.45, 7) is 1.86. The van der Waals surface area contributed by atoms with Gasteiger partial charge in [-0.1, -0.05) is 41.4 Å². The van der Waals surface area contributed by atoms with E-state index in [1.165, 1.54) is 23.9 Å². The van der Waals surface area contributed by atoms with Crippen LogP contribution in [-0.4, -0.2) is 11.7 Å². The normalized spacial score (nSPS) is 12.0. The van der Waals surface area contributed by atoms with E-state index < -0.39 is 0 Å². The fourth-order valence-electron chi connectivity index (χ4n) is 2.03. The number of benzene rings is 2. The fourth-order valence-corrected chi connectivity index (χ4v) is 3.61. The summed E-state index contributed by atoms with van der Waals surface area (Å²) in [5.74, 6) is 0.485.